The van der Waals surface area contributed by atoms with Gasteiger partial charge in [-0.15, -0.1) is 0 Å². The minimum absolute atomic E-state index is 0.186. The van der Waals surface area contributed by atoms with Crippen molar-refractivity contribution in [3.8, 4) is 5.75 Å². The van der Waals surface area contributed by atoms with Crippen molar-refractivity contribution in [3.05, 3.63) is 24.3 Å². The Kier molecular flexibility index (Phi) is 2.80. The van der Waals surface area contributed by atoms with Crippen LogP contribution in [0.2, 0.25) is 0 Å². The topological polar surface area (TPSA) is 32.7 Å². The van der Waals surface area contributed by atoms with Gasteiger partial charge in [0.1, 0.15) is 5.75 Å². The molecule has 0 bridgehead atoms. The Balaban J connectivity index is 2.24. The summed E-state index contributed by atoms with van der Waals surface area (Å²) in [6.45, 7) is 5.06. The fourth-order valence-electron chi connectivity index (χ4n) is 2.30. The number of anilines is 1. The highest BCUT2D eigenvalue weighted by atomic mass is 16.5. The third-order valence-electron chi connectivity index (χ3n) is 3.52. The average molecular weight is 221 g/mol. The Morgan fingerprint density at radius 2 is 1.94 bits per heavy atom. The molecule has 1 atom stereocenters. The number of benzene rings is 1. The first-order valence-corrected chi connectivity index (χ1v) is 5.65. The summed E-state index contributed by atoms with van der Waals surface area (Å²) in [7, 11) is 1.67. The number of hydrogen-bond acceptors (Lipinski definition) is 3. The van der Waals surface area contributed by atoms with Crippen LogP contribution in [0.1, 0.15) is 20.3 Å². The summed E-state index contributed by atoms with van der Waals surface area (Å²) < 4.78 is 5.14. The van der Waals surface area contributed by atoms with Crippen LogP contribution in [-0.2, 0) is 0 Å². The molecule has 0 aliphatic carbocycles. The molecule has 0 radical (unpaired) electrons. The van der Waals surface area contributed by atoms with Crippen LogP contribution in [0.3, 0.4) is 0 Å². The zero-order valence-corrected chi connectivity index (χ0v) is 10.1. The van der Waals surface area contributed by atoms with E-state index in [1.54, 1.807) is 7.11 Å². The van der Waals surface area contributed by atoms with E-state index in [-0.39, 0.29) is 11.6 Å². The molecule has 3 heteroatoms. The lowest BCUT2D eigenvalue weighted by Crippen LogP contribution is -2.45. The summed E-state index contributed by atoms with van der Waals surface area (Å²) in [5, 5.41) is 9.92. The molecule has 3 nitrogen and oxygen atoms in total. The summed E-state index contributed by atoms with van der Waals surface area (Å²) in [6.07, 6.45) is 0.577. The van der Waals surface area contributed by atoms with E-state index in [1.807, 2.05) is 24.3 Å². The zero-order valence-electron chi connectivity index (χ0n) is 10.1. The number of nitrogens with zero attached hydrogens (tertiary/aromatic N) is 1. The van der Waals surface area contributed by atoms with E-state index in [4.69, 9.17) is 4.74 Å². The van der Waals surface area contributed by atoms with Gasteiger partial charge in [0.2, 0.25) is 0 Å². The molecule has 1 aromatic rings. The van der Waals surface area contributed by atoms with Gasteiger partial charge < -0.3 is 14.7 Å². The predicted octanol–water partition coefficient (Wildman–Crippen LogP) is 2.04. The van der Waals surface area contributed by atoms with Gasteiger partial charge in [0.15, 0.2) is 0 Å². The van der Waals surface area contributed by atoms with Crippen LogP contribution in [-0.4, -0.2) is 30.4 Å². The first-order valence-electron chi connectivity index (χ1n) is 5.65. The van der Waals surface area contributed by atoms with E-state index in [2.05, 4.69) is 18.7 Å². The van der Waals surface area contributed by atoms with Gasteiger partial charge in [0, 0.05) is 12.2 Å². The summed E-state index contributed by atoms with van der Waals surface area (Å²) in [4.78, 5) is 2.25. The van der Waals surface area contributed by atoms with Crippen LogP contribution >= 0.6 is 0 Å². The first kappa shape index (κ1) is 11.3. The van der Waals surface area contributed by atoms with Crippen molar-refractivity contribution in [2.24, 2.45) is 0 Å². The molecule has 0 amide bonds. The van der Waals surface area contributed by atoms with E-state index in [1.165, 1.54) is 0 Å². The Labute approximate surface area is 96.6 Å². The summed E-state index contributed by atoms with van der Waals surface area (Å²) in [5.74, 6) is 0.862. The van der Waals surface area contributed by atoms with Crippen molar-refractivity contribution in [2.75, 3.05) is 18.6 Å². The molecule has 1 aliphatic heterocycles. The average Bonchev–Trinajstić information content (AvgIpc) is 2.54. The minimum atomic E-state index is -0.255. The Hall–Kier alpha value is -1.22. The van der Waals surface area contributed by atoms with Gasteiger partial charge in [-0.1, -0.05) is 0 Å². The minimum Gasteiger partial charge on any atom is -0.497 e. The molecule has 1 unspecified atom stereocenters. The molecule has 1 fully saturated rings. The number of rotatable bonds is 2. The molecular weight excluding hydrogens is 202 g/mol. The molecule has 0 aromatic heterocycles. The van der Waals surface area contributed by atoms with Gasteiger partial charge in [-0.3, -0.25) is 0 Å². The lowest BCUT2D eigenvalue weighted by atomic mass is 9.98. The highest BCUT2D eigenvalue weighted by molar-refractivity contribution is 5.52. The predicted molar refractivity (Wildman–Crippen MR) is 65.0 cm³/mol. The van der Waals surface area contributed by atoms with Crippen LogP contribution in [0.15, 0.2) is 24.3 Å². The monoisotopic (exact) mass is 221 g/mol. The molecule has 0 saturated carbocycles. The third kappa shape index (κ3) is 1.76. The fourth-order valence-corrected chi connectivity index (χ4v) is 2.30. The smallest absolute Gasteiger partial charge is 0.119 e. The van der Waals surface area contributed by atoms with Crippen molar-refractivity contribution in [3.63, 3.8) is 0 Å². The molecule has 1 saturated heterocycles. The van der Waals surface area contributed by atoms with E-state index < -0.39 is 0 Å². The number of aliphatic hydroxyl groups excluding tert-OH is 1. The standard InChI is InChI=1S/C13H19NO2/c1-13(2)12(15)8-9-14(13)10-4-6-11(16-3)7-5-10/h4-7,12,15H,8-9H2,1-3H3. The maximum Gasteiger partial charge on any atom is 0.119 e. The maximum absolute atomic E-state index is 9.92. The van der Waals surface area contributed by atoms with E-state index in [0.29, 0.717) is 0 Å². The molecule has 1 aliphatic rings. The van der Waals surface area contributed by atoms with Crippen molar-refractivity contribution in [1.29, 1.82) is 0 Å². The van der Waals surface area contributed by atoms with Crippen LogP contribution in [0.25, 0.3) is 0 Å². The second-order valence-corrected chi connectivity index (χ2v) is 4.81. The lowest BCUT2D eigenvalue weighted by Gasteiger charge is -2.35. The van der Waals surface area contributed by atoms with Gasteiger partial charge in [0.05, 0.1) is 18.8 Å². The van der Waals surface area contributed by atoms with Crippen LogP contribution < -0.4 is 9.64 Å². The largest absolute Gasteiger partial charge is 0.497 e. The second kappa shape index (κ2) is 3.98. The highest BCUT2D eigenvalue weighted by Gasteiger charge is 2.40. The van der Waals surface area contributed by atoms with Gasteiger partial charge in [-0.2, -0.15) is 0 Å². The molecule has 0 spiro atoms. The quantitative estimate of drug-likeness (QED) is 0.829. The van der Waals surface area contributed by atoms with E-state index in [9.17, 15) is 5.11 Å². The Bertz CT molecular complexity index is 359. The molecule has 1 aromatic carbocycles. The van der Waals surface area contributed by atoms with E-state index in [0.717, 1.165) is 24.4 Å². The van der Waals surface area contributed by atoms with Crippen molar-refractivity contribution >= 4 is 5.69 Å². The molecule has 88 valence electrons. The number of aliphatic hydroxyl groups is 1. The SMILES string of the molecule is COc1ccc(N2CCC(O)C2(C)C)cc1. The van der Waals surface area contributed by atoms with Crippen molar-refractivity contribution in [2.45, 2.75) is 31.9 Å². The first-order chi connectivity index (χ1) is 7.55. The normalized spacial score (nSPS) is 23.5. The summed E-state index contributed by atoms with van der Waals surface area (Å²) >= 11 is 0. The van der Waals surface area contributed by atoms with Gasteiger partial charge in [-0.25, -0.2) is 0 Å². The van der Waals surface area contributed by atoms with Crippen molar-refractivity contribution < 1.29 is 9.84 Å². The Morgan fingerprint density at radius 3 is 2.38 bits per heavy atom. The molecule has 1 heterocycles. The van der Waals surface area contributed by atoms with Crippen LogP contribution in [0.4, 0.5) is 5.69 Å². The summed E-state index contributed by atoms with van der Waals surface area (Å²) in [5.41, 5.74) is 0.955. The zero-order chi connectivity index (χ0) is 11.8. The van der Waals surface area contributed by atoms with Gasteiger partial charge >= 0.3 is 0 Å². The van der Waals surface area contributed by atoms with Gasteiger partial charge in [-0.05, 0) is 44.5 Å². The Morgan fingerprint density at radius 1 is 1.31 bits per heavy atom. The third-order valence-corrected chi connectivity index (χ3v) is 3.52. The molecule has 1 N–H and O–H groups in total. The second-order valence-electron chi connectivity index (χ2n) is 4.81. The molecular formula is C13H19NO2. The summed E-state index contributed by atoms with van der Waals surface area (Å²) in [6, 6.07) is 7.99. The van der Waals surface area contributed by atoms with E-state index >= 15 is 0 Å². The van der Waals surface area contributed by atoms with Crippen LogP contribution in [0, 0.1) is 0 Å². The molecule has 16 heavy (non-hydrogen) atoms. The highest BCUT2D eigenvalue weighted by Crippen LogP contribution is 2.34. The number of ether oxygens (including phenoxy) is 1. The lowest BCUT2D eigenvalue weighted by molar-refractivity contribution is 0.127. The van der Waals surface area contributed by atoms with Crippen molar-refractivity contribution in [1.82, 2.24) is 0 Å². The number of hydrogen-bond donors (Lipinski definition) is 1. The molecule has 2 rings (SSSR count). The number of methoxy groups -OCH3 is 1. The van der Waals surface area contributed by atoms with Gasteiger partial charge in [0.25, 0.3) is 0 Å². The maximum atomic E-state index is 9.92. The van der Waals surface area contributed by atoms with Crippen LogP contribution in [0.5, 0.6) is 5.75 Å². The fraction of sp³-hybridized carbons (Fsp3) is 0.538.